The van der Waals surface area contributed by atoms with Gasteiger partial charge in [0.2, 0.25) is 21.8 Å². The Balaban J connectivity index is 1.75. The number of nitrogens with one attached hydrogen (secondary N) is 1. The monoisotopic (exact) mass is 513 g/mol. The zero-order valence-corrected chi connectivity index (χ0v) is 22.5. The summed E-state index contributed by atoms with van der Waals surface area (Å²) in [7, 11) is -3.49. The number of amides is 2. The highest BCUT2D eigenvalue weighted by Gasteiger charge is 2.31. The molecule has 8 heteroatoms. The first-order valence-electron chi connectivity index (χ1n) is 12.9. The number of para-hydroxylation sites is 1. The lowest BCUT2D eigenvalue weighted by Crippen LogP contribution is -2.51. The van der Waals surface area contributed by atoms with Gasteiger partial charge >= 0.3 is 0 Å². The molecule has 2 aromatic rings. The molecule has 1 unspecified atom stereocenters. The van der Waals surface area contributed by atoms with Crippen LogP contribution in [-0.2, 0) is 26.2 Å². The Labute approximate surface area is 215 Å². The number of nitrogens with zero attached hydrogens (tertiary/aromatic N) is 2. The molecule has 0 bridgehead atoms. The maximum atomic E-state index is 13.5. The minimum Gasteiger partial charge on any atom is -0.352 e. The van der Waals surface area contributed by atoms with Crippen LogP contribution < -0.4 is 9.62 Å². The average molecular weight is 514 g/mol. The van der Waals surface area contributed by atoms with Crippen LogP contribution in [0.1, 0.15) is 63.0 Å². The maximum Gasteiger partial charge on any atom is 0.243 e. The molecule has 2 amide bonds. The first-order valence-corrected chi connectivity index (χ1v) is 14.7. The summed E-state index contributed by atoms with van der Waals surface area (Å²) < 4.78 is 26.1. The van der Waals surface area contributed by atoms with E-state index in [1.54, 1.807) is 29.2 Å². The molecular formula is C28H39N3O4S. The molecule has 0 saturated heterocycles. The molecule has 1 saturated carbocycles. The van der Waals surface area contributed by atoms with Crippen molar-refractivity contribution < 1.29 is 18.0 Å². The van der Waals surface area contributed by atoms with E-state index in [1.807, 2.05) is 44.2 Å². The molecule has 1 aliphatic carbocycles. The van der Waals surface area contributed by atoms with Crippen LogP contribution >= 0.6 is 0 Å². The molecule has 1 aliphatic rings. The third-order valence-corrected chi connectivity index (χ3v) is 8.08. The van der Waals surface area contributed by atoms with E-state index in [0.717, 1.165) is 36.8 Å². The highest BCUT2D eigenvalue weighted by Crippen LogP contribution is 2.22. The molecule has 3 rings (SSSR count). The number of carbonyl (C=O) groups excluding carboxylic acids is 2. The fourth-order valence-electron chi connectivity index (χ4n) is 4.86. The van der Waals surface area contributed by atoms with Crippen LogP contribution in [-0.4, -0.2) is 50.0 Å². The predicted octanol–water partition coefficient (Wildman–Crippen LogP) is 4.41. The lowest BCUT2D eigenvalue weighted by Gasteiger charge is -2.32. The third-order valence-electron chi connectivity index (χ3n) is 6.89. The third kappa shape index (κ3) is 7.56. The number of aryl methyl sites for hydroxylation is 1. The van der Waals surface area contributed by atoms with Crippen molar-refractivity contribution in [1.82, 2.24) is 10.2 Å². The number of rotatable bonds is 12. The van der Waals surface area contributed by atoms with Gasteiger partial charge in [-0.25, -0.2) is 8.42 Å². The van der Waals surface area contributed by atoms with Crippen molar-refractivity contribution in [2.45, 2.75) is 77.4 Å². The fraction of sp³-hybridized carbons (Fsp3) is 0.500. The van der Waals surface area contributed by atoms with Gasteiger partial charge in [-0.1, -0.05) is 62.2 Å². The highest BCUT2D eigenvalue weighted by molar-refractivity contribution is 7.92. The van der Waals surface area contributed by atoms with Gasteiger partial charge in [0, 0.05) is 25.6 Å². The molecule has 0 aromatic heterocycles. The van der Waals surface area contributed by atoms with E-state index in [0.29, 0.717) is 25.1 Å². The Morgan fingerprint density at radius 1 is 1.03 bits per heavy atom. The standard InChI is InChI=1S/C28H39N3O4S/c1-4-26(28(33)29-24-15-10-11-16-24)30(21-23-14-9-8-13-22(23)2)27(32)19-12-20-31(36(3,34)35)25-17-6-5-7-18-25/h5-9,13-14,17-18,24,26H,4,10-12,15-16,19-21H2,1-3H3,(H,29,33). The van der Waals surface area contributed by atoms with Gasteiger partial charge in [0.1, 0.15) is 6.04 Å². The van der Waals surface area contributed by atoms with Crippen LogP contribution in [0.3, 0.4) is 0 Å². The minimum absolute atomic E-state index is 0.103. The number of anilines is 1. The molecule has 0 radical (unpaired) electrons. The van der Waals surface area contributed by atoms with Crippen LogP contribution in [0.2, 0.25) is 0 Å². The Morgan fingerprint density at radius 2 is 1.67 bits per heavy atom. The van der Waals surface area contributed by atoms with Crippen LogP contribution in [0.4, 0.5) is 5.69 Å². The summed E-state index contributed by atoms with van der Waals surface area (Å²) in [6.07, 6.45) is 6.38. The Hall–Kier alpha value is -2.87. The van der Waals surface area contributed by atoms with Crippen molar-refractivity contribution in [2.24, 2.45) is 0 Å². The Morgan fingerprint density at radius 3 is 2.28 bits per heavy atom. The number of hydrogen-bond donors (Lipinski definition) is 1. The molecule has 0 spiro atoms. The second-order valence-corrected chi connectivity index (χ2v) is 11.5. The van der Waals surface area contributed by atoms with Gasteiger partial charge in [-0.15, -0.1) is 0 Å². The van der Waals surface area contributed by atoms with E-state index in [-0.39, 0.29) is 30.8 Å². The molecule has 1 atom stereocenters. The second-order valence-electron chi connectivity index (χ2n) is 9.64. The maximum absolute atomic E-state index is 13.5. The summed E-state index contributed by atoms with van der Waals surface area (Å²) in [6, 6.07) is 16.4. The quantitative estimate of drug-likeness (QED) is 0.456. The van der Waals surface area contributed by atoms with Crippen molar-refractivity contribution >= 4 is 27.5 Å². The SMILES string of the molecule is CCC(C(=O)NC1CCCC1)N(Cc1ccccc1C)C(=O)CCCN(c1ccccc1)S(C)(=O)=O. The fourth-order valence-corrected chi connectivity index (χ4v) is 5.82. The zero-order chi connectivity index (χ0) is 26.1. The van der Waals surface area contributed by atoms with E-state index < -0.39 is 16.1 Å². The number of carbonyl (C=O) groups is 2. The van der Waals surface area contributed by atoms with Crippen molar-refractivity contribution in [3.63, 3.8) is 0 Å². The second kappa shape index (κ2) is 12.9. The van der Waals surface area contributed by atoms with E-state index in [2.05, 4.69) is 5.32 Å². The van der Waals surface area contributed by atoms with Crippen molar-refractivity contribution in [3.05, 3.63) is 65.7 Å². The van der Waals surface area contributed by atoms with E-state index >= 15 is 0 Å². The topological polar surface area (TPSA) is 86.8 Å². The molecule has 36 heavy (non-hydrogen) atoms. The smallest absolute Gasteiger partial charge is 0.243 e. The van der Waals surface area contributed by atoms with Crippen molar-refractivity contribution in [3.8, 4) is 0 Å². The van der Waals surface area contributed by atoms with Crippen LogP contribution in [0, 0.1) is 6.92 Å². The van der Waals surface area contributed by atoms with Crippen LogP contribution in [0.25, 0.3) is 0 Å². The molecule has 7 nitrogen and oxygen atoms in total. The van der Waals surface area contributed by atoms with Gasteiger partial charge in [0.15, 0.2) is 0 Å². The molecule has 2 aromatic carbocycles. The lowest BCUT2D eigenvalue weighted by atomic mass is 10.0. The summed E-state index contributed by atoms with van der Waals surface area (Å²) in [5, 5.41) is 3.16. The van der Waals surface area contributed by atoms with Crippen molar-refractivity contribution in [2.75, 3.05) is 17.1 Å². The normalized spacial score (nSPS) is 14.9. The van der Waals surface area contributed by atoms with E-state index in [1.165, 1.54) is 10.6 Å². The summed E-state index contributed by atoms with van der Waals surface area (Å²) in [4.78, 5) is 28.5. The molecule has 1 fully saturated rings. The molecule has 1 N–H and O–H groups in total. The van der Waals surface area contributed by atoms with Crippen LogP contribution in [0.15, 0.2) is 54.6 Å². The molecule has 196 valence electrons. The average Bonchev–Trinajstić information content (AvgIpc) is 3.35. The summed E-state index contributed by atoms with van der Waals surface area (Å²) in [5.74, 6) is -0.249. The van der Waals surface area contributed by atoms with Gasteiger partial charge in [0.25, 0.3) is 0 Å². The summed E-state index contributed by atoms with van der Waals surface area (Å²) >= 11 is 0. The number of hydrogen-bond acceptors (Lipinski definition) is 4. The molecular weight excluding hydrogens is 474 g/mol. The lowest BCUT2D eigenvalue weighted by molar-refractivity contribution is -0.141. The van der Waals surface area contributed by atoms with Crippen molar-refractivity contribution in [1.29, 1.82) is 0 Å². The van der Waals surface area contributed by atoms with Gasteiger partial charge in [-0.3, -0.25) is 13.9 Å². The van der Waals surface area contributed by atoms with E-state index in [4.69, 9.17) is 0 Å². The van der Waals surface area contributed by atoms with E-state index in [9.17, 15) is 18.0 Å². The van der Waals surface area contributed by atoms with Gasteiger partial charge < -0.3 is 10.2 Å². The van der Waals surface area contributed by atoms with Gasteiger partial charge in [-0.05, 0) is 55.9 Å². The first kappa shape index (κ1) is 27.7. The molecule has 0 heterocycles. The number of benzene rings is 2. The number of sulfonamides is 1. The molecule has 0 aliphatic heterocycles. The Bertz CT molecular complexity index is 1110. The predicted molar refractivity (Wildman–Crippen MR) is 144 cm³/mol. The summed E-state index contributed by atoms with van der Waals surface area (Å²) in [6.45, 7) is 4.47. The van der Waals surface area contributed by atoms with Crippen LogP contribution in [0.5, 0.6) is 0 Å². The minimum atomic E-state index is -3.49. The first-order chi connectivity index (χ1) is 17.2. The largest absolute Gasteiger partial charge is 0.352 e. The van der Waals surface area contributed by atoms with Gasteiger partial charge in [0.05, 0.1) is 11.9 Å². The zero-order valence-electron chi connectivity index (χ0n) is 21.7. The Kier molecular flexibility index (Phi) is 9.93. The van der Waals surface area contributed by atoms with Gasteiger partial charge in [-0.2, -0.15) is 0 Å². The summed E-state index contributed by atoms with van der Waals surface area (Å²) in [5.41, 5.74) is 2.64. The highest BCUT2D eigenvalue weighted by atomic mass is 32.2.